The maximum Gasteiger partial charge on any atom is 0.347 e. The molecule has 0 unspecified atom stereocenters. The van der Waals surface area contributed by atoms with Crippen molar-refractivity contribution in [2.45, 2.75) is 26.7 Å². The molecular formula is C9H13NO2S. The van der Waals surface area contributed by atoms with Gasteiger partial charge in [0.15, 0.2) is 0 Å². The fourth-order valence-electron chi connectivity index (χ4n) is 0.786. The first-order valence-electron chi connectivity index (χ1n) is 4.04. The lowest BCUT2D eigenvalue weighted by atomic mass is 10.1. The molecule has 0 aromatic rings. The number of carboxylic acids is 1. The number of nitriles is 1. The number of nitrogens with zero attached hydrogens (tertiary/aromatic N) is 1. The molecule has 0 aliphatic rings. The molecule has 0 saturated heterocycles. The SMILES string of the molecule is CC(C)CC/C(S)=C(/C#N)C(=O)O. The molecule has 4 heteroatoms. The Hall–Kier alpha value is -0.950. The number of thiol groups is 1. The third-order valence-corrected chi connectivity index (χ3v) is 2.02. The summed E-state index contributed by atoms with van der Waals surface area (Å²) in [5, 5.41) is 17.1. The van der Waals surface area contributed by atoms with Crippen LogP contribution in [0.2, 0.25) is 0 Å². The Morgan fingerprint density at radius 1 is 1.62 bits per heavy atom. The van der Waals surface area contributed by atoms with E-state index in [0.29, 0.717) is 17.2 Å². The third kappa shape index (κ3) is 4.58. The second kappa shape index (κ2) is 5.65. The van der Waals surface area contributed by atoms with Gasteiger partial charge in [0.05, 0.1) is 0 Å². The van der Waals surface area contributed by atoms with E-state index in [1.165, 1.54) is 0 Å². The minimum absolute atomic E-state index is 0.246. The standard InChI is InChI=1S/C9H13NO2S/c1-6(2)3-4-8(13)7(5-10)9(11)12/h6,13H,3-4H2,1-2H3,(H,11,12)/b8-7+. The molecular weight excluding hydrogens is 186 g/mol. The molecule has 0 amide bonds. The lowest BCUT2D eigenvalue weighted by Gasteiger charge is -2.04. The van der Waals surface area contributed by atoms with Crippen molar-refractivity contribution in [3.63, 3.8) is 0 Å². The Kier molecular flexibility index (Phi) is 5.24. The molecule has 0 bridgehead atoms. The summed E-state index contributed by atoms with van der Waals surface area (Å²) in [5.41, 5.74) is -0.246. The summed E-state index contributed by atoms with van der Waals surface area (Å²) in [4.78, 5) is 10.9. The molecule has 0 heterocycles. The van der Waals surface area contributed by atoms with Crippen molar-refractivity contribution in [1.29, 1.82) is 5.26 Å². The zero-order chi connectivity index (χ0) is 10.4. The van der Waals surface area contributed by atoms with E-state index in [2.05, 4.69) is 12.6 Å². The van der Waals surface area contributed by atoms with Crippen LogP contribution in [0.5, 0.6) is 0 Å². The second-order valence-corrected chi connectivity index (χ2v) is 3.71. The van der Waals surface area contributed by atoms with Gasteiger partial charge in [-0.05, 0) is 18.8 Å². The topological polar surface area (TPSA) is 61.1 Å². The lowest BCUT2D eigenvalue weighted by molar-refractivity contribution is -0.132. The lowest BCUT2D eigenvalue weighted by Crippen LogP contribution is -2.01. The van der Waals surface area contributed by atoms with E-state index in [4.69, 9.17) is 10.4 Å². The largest absolute Gasteiger partial charge is 0.477 e. The van der Waals surface area contributed by atoms with E-state index >= 15 is 0 Å². The van der Waals surface area contributed by atoms with Crippen molar-refractivity contribution in [3.05, 3.63) is 10.5 Å². The summed E-state index contributed by atoms with van der Waals surface area (Å²) in [6.45, 7) is 4.07. The van der Waals surface area contributed by atoms with E-state index in [1.54, 1.807) is 6.07 Å². The summed E-state index contributed by atoms with van der Waals surface area (Å²) in [7, 11) is 0. The molecule has 72 valence electrons. The summed E-state index contributed by atoms with van der Waals surface area (Å²) < 4.78 is 0. The van der Waals surface area contributed by atoms with E-state index in [0.717, 1.165) is 6.42 Å². The smallest absolute Gasteiger partial charge is 0.347 e. The Morgan fingerprint density at radius 2 is 2.15 bits per heavy atom. The highest BCUT2D eigenvalue weighted by Crippen LogP contribution is 2.18. The number of hydrogen-bond acceptors (Lipinski definition) is 3. The number of aliphatic carboxylic acids is 1. The molecule has 1 N–H and O–H groups in total. The van der Waals surface area contributed by atoms with Crippen LogP contribution in [0.4, 0.5) is 0 Å². The molecule has 0 aliphatic carbocycles. The van der Waals surface area contributed by atoms with Gasteiger partial charge >= 0.3 is 5.97 Å². The third-order valence-electron chi connectivity index (χ3n) is 1.57. The Morgan fingerprint density at radius 3 is 2.46 bits per heavy atom. The predicted molar refractivity (Wildman–Crippen MR) is 53.3 cm³/mol. The normalized spacial score (nSPS) is 12.2. The first-order valence-corrected chi connectivity index (χ1v) is 4.49. The molecule has 0 saturated carbocycles. The summed E-state index contributed by atoms with van der Waals surface area (Å²) in [6, 6.07) is 1.63. The fourth-order valence-corrected chi connectivity index (χ4v) is 1.06. The number of hydrogen-bond donors (Lipinski definition) is 2. The first kappa shape index (κ1) is 12.0. The van der Waals surface area contributed by atoms with Gasteiger partial charge in [-0.25, -0.2) is 4.79 Å². The molecule has 0 rings (SSSR count). The van der Waals surface area contributed by atoms with E-state index < -0.39 is 5.97 Å². The molecule has 0 aromatic heterocycles. The Bertz CT molecular complexity index is 263. The highest BCUT2D eigenvalue weighted by Gasteiger charge is 2.11. The molecule has 3 nitrogen and oxygen atoms in total. The molecule has 0 aliphatic heterocycles. The molecule has 0 radical (unpaired) electrons. The van der Waals surface area contributed by atoms with Crippen molar-refractivity contribution in [2.24, 2.45) is 5.92 Å². The van der Waals surface area contributed by atoms with Gasteiger partial charge in [-0.15, -0.1) is 12.6 Å². The summed E-state index contributed by atoms with van der Waals surface area (Å²) >= 11 is 4.00. The van der Waals surface area contributed by atoms with Gasteiger partial charge in [-0.3, -0.25) is 0 Å². The van der Waals surface area contributed by atoms with Crippen LogP contribution < -0.4 is 0 Å². The Labute approximate surface area is 83.5 Å². The van der Waals surface area contributed by atoms with Gasteiger partial charge in [-0.2, -0.15) is 5.26 Å². The molecule has 0 aromatic carbocycles. The molecule has 13 heavy (non-hydrogen) atoms. The summed E-state index contributed by atoms with van der Waals surface area (Å²) in [5.74, 6) is -0.716. The van der Waals surface area contributed by atoms with Crippen molar-refractivity contribution >= 4 is 18.6 Å². The fraction of sp³-hybridized carbons (Fsp3) is 0.556. The van der Waals surface area contributed by atoms with Gasteiger partial charge in [0, 0.05) is 4.91 Å². The van der Waals surface area contributed by atoms with Gasteiger partial charge in [0.25, 0.3) is 0 Å². The molecule has 0 atom stereocenters. The minimum Gasteiger partial charge on any atom is -0.477 e. The Balaban J connectivity index is 4.42. The first-order chi connectivity index (χ1) is 5.99. The molecule has 0 spiro atoms. The predicted octanol–water partition coefficient (Wildman–Crippen LogP) is 2.21. The summed E-state index contributed by atoms with van der Waals surface area (Å²) in [6.07, 6.45) is 1.40. The average molecular weight is 199 g/mol. The van der Waals surface area contributed by atoms with E-state index in [1.807, 2.05) is 13.8 Å². The van der Waals surface area contributed by atoms with Gasteiger partial charge < -0.3 is 5.11 Å². The van der Waals surface area contributed by atoms with Crippen LogP contribution in [0.3, 0.4) is 0 Å². The minimum atomic E-state index is -1.20. The number of carbonyl (C=O) groups is 1. The number of rotatable bonds is 4. The van der Waals surface area contributed by atoms with Crippen LogP contribution in [0.1, 0.15) is 26.7 Å². The van der Waals surface area contributed by atoms with Crippen LogP contribution in [0.25, 0.3) is 0 Å². The highest BCUT2D eigenvalue weighted by atomic mass is 32.1. The van der Waals surface area contributed by atoms with Gasteiger partial charge in [0.1, 0.15) is 11.6 Å². The monoisotopic (exact) mass is 199 g/mol. The van der Waals surface area contributed by atoms with Gasteiger partial charge in [0.2, 0.25) is 0 Å². The quantitative estimate of drug-likeness (QED) is 0.414. The number of allylic oxidation sites excluding steroid dienone is 1. The van der Waals surface area contributed by atoms with E-state index in [9.17, 15) is 4.79 Å². The highest BCUT2D eigenvalue weighted by molar-refractivity contribution is 7.84. The van der Waals surface area contributed by atoms with Crippen LogP contribution >= 0.6 is 12.6 Å². The number of carboxylic acid groups (broad SMARTS) is 1. The zero-order valence-electron chi connectivity index (χ0n) is 7.74. The van der Waals surface area contributed by atoms with Crippen LogP contribution in [0.15, 0.2) is 10.5 Å². The maximum absolute atomic E-state index is 10.5. The van der Waals surface area contributed by atoms with Gasteiger partial charge in [-0.1, -0.05) is 13.8 Å². The average Bonchev–Trinajstić information content (AvgIpc) is 2.01. The van der Waals surface area contributed by atoms with Crippen LogP contribution in [0, 0.1) is 17.2 Å². The van der Waals surface area contributed by atoms with E-state index in [-0.39, 0.29) is 5.57 Å². The zero-order valence-corrected chi connectivity index (χ0v) is 8.64. The van der Waals surface area contributed by atoms with Crippen molar-refractivity contribution in [2.75, 3.05) is 0 Å². The maximum atomic E-state index is 10.5. The van der Waals surface area contributed by atoms with Crippen LogP contribution in [-0.2, 0) is 4.79 Å². The second-order valence-electron chi connectivity index (χ2n) is 3.17. The molecule has 0 fully saturated rings. The van der Waals surface area contributed by atoms with Crippen molar-refractivity contribution in [1.82, 2.24) is 0 Å². The van der Waals surface area contributed by atoms with Crippen LogP contribution in [-0.4, -0.2) is 11.1 Å². The van der Waals surface area contributed by atoms with Crippen molar-refractivity contribution < 1.29 is 9.90 Å². The van der Waals surface area contributed by atoms with Crippen molar-refractivity contribution in [3.8, 4) is 6.07 Å².